The number of aryl methyl sites for hydroxylation is 1. The smallest absolute Gasteiger partial charge is 0.355 e. The summed E-state index contributed by atoms with van der Waals surface area (Å²) >= 11 is 1.47. The van der Waals surface area contributed by atoms with Crippen molar-refractivity contribution in [3.63, 3.8) is 0 Å². The SMILES string of the molecule is Cn1cc(C(N)=O)cc1C(=O)OCc1cnc(-c2ccccc2)s1. The highest BCUT2D eigenvalue weighted by atomic mass is 32.1. The first-order valence-electron chi connectivity index (χ1n) is 7.18. The quantitative estimate of drug-likeness (QED) is 0.723. The summed E-state index contributed by atoms with van der Waals surface area (Å²) in [6, 6.07) is 11.2. The molecule has 0 spiro atoms. The first-order valence-corrected chi connectivity index (χ1v) is 7.99. The van der Waals surface area contributed by atoms with E-state index >= 15 is 0 Å². The molecule has 0 atom stereocenters. The van der Waals surface area contributed by atoms with E-state index in [0.29, 0.717) is 0 Å². The molecule has 122 valence electrons. The van der Waals surface area contributed by atoms with Gasteiger partial charge in [0.15, 0.2) is 0 Å². The van der Waals surface area contributed by atoms with E-state index < -0.39 is 11.9 Å². The van der Waals surface area contributed by atoms with Crippen molar-refractivity contribution in [2.75, 3.05) is 0 Å². The van der Waals surface area contributed by atoms with Crippen LogP contribution in [0.3, 0.4) is 0 Å². The summed E-state index contributed by atoms with van der Waals surface area (Å²) in [5.41, 5.74) is 6.78. The molecular formula is C17H15N3O3S. The van der Waals surface area contributed by atoms with E-state index in [0.717, 1.165) is 15.4 Å². The van der Waals surface area contributed by atoms with Gasteiger partial charge in [-0.2, -0.15) is 0 Å². The molecule has 6 nitrogen and oxygen atoms in total. The van der Waals surface area contributed by atoms with E-state index in [-0.39, 0.29) is 17.9 Å². The second-order valence-electron chi connectivity index (χ2n) is 5.16. The van der Waals surface area contributed by atoms with Crippen LogP contribution in [0.15, 0.2) is 48.8 Å². The molecule has 0 aliphatic heterocycles. The van der Waals surface area contributed by atoms with Gasteiger partial charge in [0.25, 0.3) is 0 Å². The Kier molecular flexibility index (Phi) is 4.43. The highest BCUT2D eigenvalue weighted by Crippen LogP contribution is 2.25. The average molecular weight is 341 g/mol. The predicted octanol–water partition coefficient (Wildman–Crippen LogP) is 2.60. The van der Waals surface area contributed by atoms with Gasteiger partial charge in [-0.15, -0.1) is 11.3 Å². The van der Waals surface area contributed by atoms with Crippen molar-refractivity contribution in [1.82, 2.24) is 9.55 Å². The Labute approximate surface area is 142 Å². The number of carbonyl (C=O) groups is 2. The van der Waals surface area contributed by atoms with Gasteiger partial charge in [-0.1, -0.05) is 30.3 Å². The Morgan fingerprint density at radius 3 is 2.71 bits per heavy atom. The fourth-order valence-electron chi connectivity index (χ4n) is 2.20. The van der Waals surface area contributed by atoms with Crippen molar-refractivity contribution >= 4 is 23.2 Å². The zero-order valence-corrected chi connectivity index (χ0v) is 13.7. The number of rotatable bonds is 5. The number of ether oxygens (including phenoxy) is 1. The van der Waals surface area contributed by atoms with Crippen LogP contribution < -0.4 is 5.73 Å². The topological polar surface area (TPSA) is 87.2 Å². The summed E-state index contributed by atoms with van der Waals surface area (Å²) < 4.78 is 6.81. The second-order valence-corrected chi connectivity index (χ2v) is 6.28. The number of primary amides is 1. The molecule has 2 aromatic heterocycles. The fourth-order valence-corrected chi connectivity index (χ4v) is 3.03. The lowest BCUT2D eigenvalue weighted by molar-refractivity contribution is 0.0465. The van der Waals surface area contributed by atoms with E-state index in [9.17, 15) is 9.59 Å². The Bertz CT molecular complexity index is 884. The zero-order valence-electron chi connectivity index (χ0n) is 12.9. The van der Waals surface area contributed by atoms with E-state index in [1.807, 2.05) is 30.3 Å². The van der Waals surface area contributed by atoms with Gasteiger partial charge in [-0.05, 0) is 6.07 Å². The van der Waals surface area contributed by atoms with Gasteiger partial charge in [-0.3, -0.25) is 4.79 Å². The molecule has 0 fully saturated rings. The van der Waals surface area contributed by atoms with E-state index in [2.05, 4.69) is 4.98 Å². The summed E-state index contributed by atoms with van der Waals surface area (Å²) in [6.07, 6.45) is 3.19. The predicted molar refractivity (Wildman–Crippen MR) is 90.6 cm³/mol. The number of nitrogens with two attached hydrogens (primary N) is 1. The maximum Gasteiger partial charge on any atom is 0.355 e. The second kappa shape index (κ2) is 6.67. The standard InChI is InChI=1S/C17H15N3O3S/c1-20-9-12(15(18)21)7-14(20)17(22)23-10-13-8-19-16(24-13)11-5-3-2-4-6-11/h2-9H,10H2,1H3,(H2,18,21). The third-order valence-electron chi connectivity index (χ3n) is 3.42. The molecule has 0 saturated carbocycles. The number of benzene rings is 1. The Morgan fingerprint density at radius 1 is 1.29 bits per heavy atom. The first kappa shape index (κ1) is 15.9. The van der Waals surface area contributed by atoms with E-state index in [1.165, 1.54) is 28.2 Å². The highest BCUT2D eigenvalue weighted by Gasteiger charge is 2.16. The van der Waals surface area contributed by atoms with Crippen molar-refractivity contribution in [1.29, 1.82) is 0 Å². The molecule has 0 saturated heterocycles. The molecule has 0 radical (unpaired) electrons. The van der Waals surface area contributed by atoms with Crippen LogP contribution in [0.4, 0.5) is 0 Å². The number of thiazole rings is 1. The molecule has 3 rings (SSSR count). The van der Waals surface area contributed by atoms with Crippen LogP contribution in [-0.4, -0.2) is 21.4 Å². The van der Waals surface area contributed by atoms with Gasteiger partial charge in [0.2, 0.25) is 5.91 Å². The van der Waals surface area contributed by atoms with Crippen molar-refractivity contribution in [3.05, 3.63) is 64.9 Å². The highest BCUT2D eigenvalue weighted by molar-refractivity contribution is 7.15. The maximum atomic E-state index is 12.1. The number of esters is 1. The Morgan fingerprint density at radius 2 is 2.04 bits per heavy atom. The monoisotopic (exact) mass is 341 g/mol. The fraction of sp³-hybridized carbons (Fsp3) is 0.118. The molecule has 0 bridgehead atoms. The van der Waals surface area contributed by atoms with E-state index in [4.69, 9.17) is 10.5 Å². The van der Waals surface area contributed by atoms with Crippen LogP contribution in [-0.2, 0) is 18.4 Å². The van der Waals surface area contributed by atoms with Gasteiger partial charge in [0, 0.05) is 25.0 Å². The molecule has 3 aromatic rings. The number of hydrogen-bond donors (Lipinski definition) is 1. The molecule has 7 heteroatoms. The van der Waals surface area contributed by atoms with Crippen LogP contribution >= 0.6 is 11.3 Å². The molecular weight excluding hydrogens is 326 g/mol. The van der Waals surface area contributed by atoms with Crippen molar-refractivity contribution < 1.29 is 14.3 Å². The lowest BCUT2D eigenvalue weighted by atomic mass is 10.2. The van der Waals surface area contributed by atoms with Crippen molar-refractivity contribution in [2.45, 2.75) is 6.61 Å². The normalized spacial score (nSPS) is 10.5. The average Bonchev–Trinajstić information content (AvgIpc) is 3.20. The molecule has 0 aliphatic rings. The summed E-state index contributed by atoms with van der Waals surface area (Å²) in [5, 5.41) is 0.872. The minimum atomic E-state index is -0.584. The number of hydrogen-bond acceptors (Lipinski definition) is 5. The molecule has 1 aromatic carbocycles. The summed E-state index contributed by atoms with van der Waals surface area (Å²) in [5.74, 6) is -1.10. The Hall–Kier alpha value is -2.93. The molecule has 24 heavy (non-hydrogen) atoms. The summed E-state index contributed by atoms with van der Waals surface area (Å²) in [6.45, 7) is 0.125. The zero-order chi connectivity index (χ0) is 17.1. The van der Waals surface area contributed by atoms with Crippen molar-refractivity contribution in [2.24, 2.45) is 12.8 Å². The number of nitrogens with zero attached hydrogens (tertiary/aromatic N) is 2. The lowest BCUT2D eigenvalue weighted by Gasteiger charge is -2.03. The molecule has 0 aliphatic carbocycles. The van der Waals surface area contributed by atoms with Crippen LogP contribution in [0.1, 0.15) is 25.7 Å². The maximum absolute atomic E-state index is 12.1. The van der Waals surface area contributed by atoms with Crippen LogP contribution in [0, 0.1) is 0 Å². The number of amides is 1. The Balaban J connectivity index is 1.67. The third-order valence-corrected chi connectivity index (χ3v) is 4.44. The minimum Gasteiger partial charge on any atom is -0.455 e. The summed E-state index contributed by atoms with van der Waals surface area (Å²) in [4.78, 5) is 28.5. The third kappa shape index (κ3) is 3.36. The van der Waals surface area contributed by atoms with Gasteiger partial charge in [0.1, 0.15) is 17.3 Å². The van der Waals surface area contributed by atoms with Crippen LogP contribution in [0.2, 0.25) is 0 Å². The van der Waals surface area contributed by atoms with Gasteiger partial charge >= 0.3 is 5.97 Å². The number of carbonyl (C=O) groups excluding carboxylic acids is 2. The van der Waals surface area contributed by atoms with Crippen LogP contribution in [0.5, 0.6) is 0 Å². The van der Waals surface area contributed by atoms with E-state index in [1.54, 1.807) is 13.2 Å². The van der Waals surface area contributed by atoms with Gasteiger partial charge in [-0.25, -0.2) is 9.78 Å². The van der Waals surface area contributed by atoms with Crippen molar-refractivity contribution in [3.8, 4) is 10.6 Å². The van der Waals surface area contributed by atoms with Crippen LogP contribution in [0.25, 0.3) is 10.6 Å². The molecule has 2 heterocycles. The molecule has 2 N–H and O–H groups in total. The molecule has 0 unspecified atom stereocenters. The molecule has 1 amide bonds. The lowest BCUT2D eigenvalue weighted by Crippen LogP contribution is -2.09. The first-order chi connectivity index (χ1) is 11.5. The van der Waals surface area contributed by atoms with Gasteiger partial charge in [0.05, 0.1) is 10.4 Å². The number of aromatic nitrogens is 2. The minimum absolute atomic E-state index is 0.125. The summed E-state index contributed by atoms with van der Waals surface area (Å²) in [7, 11) is 1.66. The van der Waals surface area contributed by atoms with Gasteiger partial charge < -0.3 is 15.0 Å². The largest absolute Gasteiger partial charge is 0.455 e.